The molecule has 166 valence electrons. The average Bonchev–Trinajstić information content (AvgIpc) is 3.16. The molecule has 0 aliphatic heterocycles. The third-order valence-electron chi connectivity index (χ3n) is 6.24. The van der Waals surface area contributed by atoms with Gasteiger partial charge in [0.25, 0.3) is 5.91 Å². The normalized spacial score (nSPS) is 15.1. The SMILES string of the molecule is Cc1c(C(=O)Nc2ccc(C3CCC(=O)CC3)nc2)cnn1-c1ccc(C(C)(C)C)cc1. The van der Waals surface area contributed by atoms with Crippen molar-refractivity contribution in [2.75, 3.05) is 5.32 Å². The van der Waals surface area contributed by atoms with Crippen LogP contribution in [0.25, 0.3) is 5.69 Å². The number of anilines is 1. The molecule has 1 saturated carbocycles. The summed E-state index contributed by atoms with van der Waals surface area (Å²) in [5.41, 5.74) is 5.19. The molecule has 1 aliphatic carbocycles. The van der Waals surface area contributed by atoms with Crippen molar-refractivity contribution in [2.45, 2.75) is 64.7 Å². The van der Waals surface area contributed by atoms with Crippen LogP contribution in [0.15, 0.2) is 48.8 Å². The van der Waals surface area contributed by atoms with Gasteiger partial charge < -0.3 is 5.32 Å². The minimum atomic E-state index is -0.210. The van der Waals surface area contributed by atoms with Gasteiger partial charge in [-0.2, -0.15) is 5.10 Å². The number of nitrogens with zero attached hydrogens (tertiary/aromatic N) is 3. The largest absolute Gasteiger partial charge is 0.320 e. The third kappa shape index (κ3) is 4.64. The molecule has 6 heteroatoms. The second-order valence-electron chi connectivity index (χ2n) is 9.59. The first-order valence-electron chi connectivity index (χ1n) is 11.2. The highest BCUT2D eigenvalue weighted by Crippen LogP contribution is 2.30. The number of aromatic nitrogens is 3. The summed E-state index contributed by atoms with van der Waals surface area (Å²) in [7, 11) is 0. The molecule has 1 aliphatic rings. The molecular weight excluding hydrogens is 400 g/mol. The number of amides is 1. The maximum Gasteiger partial charge on any atom is 0.259 e. The van der Waals surface area contributed by atoms with Crippen molar-refractivity contribution in [1.29, 1.82) is 0 Å². The molecule has 32 heavy (non-hydrogen) atoms. The van der Waals surface area contributed by atoms with Gasteiger partial charge in [-0.15, -0.1) is 0 Å². The van der Waals surface area contributed by atoms with Crippen LogP contribution in [0.2, 0.25) is 0 Å². The highest BCUT2D eigenvalue weighted by molar-refractivity contribution is 6.04. The quantitative estimate of drug-likeness (QED) is 0.605. The molecule has 3 aromatic rings. The summed E-state index contributed by atoms with van der Waals surface area (Å²) in [4.78, 5) is 28.8. The average molecular weight is 431 g/mol. The lowest BCUT2D eigenvalue weighted by Gasteiger charge is -2.20. The van der Waals surface area contributed by atoms with E-state index in [-0.39, 0.29) is 11.3 Å². The van der Waals surface area contributed by atoms with Gasteiger partial charge in [-0.05, 0) is 55.0 Å². The number of hydrogen-bond acceptors (Lipinski definition) is 4. The molecule has 1 aromatic carbocycles. The zero-order chi connectivity index (χ0) is 22.9. The predicted molar refractivity (Wildman–Crippen MR) is 125 cm³/mol. The lowest BCUT2D eigenvalue weighted by Crippen LogP contribution is -2.15. The Labute approximate surface area is 189 Å². The number of pyridine rings is 1. The molecule has 6 nitrogen and oxygen atoms in total. The van der Waals surface area contributed by atoms with E-state index in [1.54, 1.807) is 17.1 Å². The molecule has 1 amide bonds. The van der Waals surface area contributed by atoms with Crippen molar-refractivity contribution >= 4 is 17.4 Å². The van der Waals surface area contributed by atoms with Crippen LogP contribution in [0.3, 0.4) is 0 Å². The van der Waals surface area contributed by atoms with Crippen molar-refractivity contribution in [3.05, 3.63) is 71.3 Å². The summed E-state index contributed by atoms with van der Waals surface area (Å²) >= 11 is 0. The highest BCUT2D eigenvalue weighted by atomic mass is 16.1. The fourth-order valence-corrected chi connectivity index (χ4v) is 4.15. The van der Waals surface area contributed by atoms with Gasteiger partial charge in [0, 0.05) is 24.5 Å². The molecule has 0 unspecified atom stereocenters. The Morgan fingerprint density at radius 2 is 1.72 bits per heavy atom. The lowest BCUT2D eigenvalue weighted by atomic mass is 9.86. The number of carbonyl (C=O) groups is 2. The van der Waals surface area contributed by atoms with Gasteiger partial charge >= 0.3 is 0 Å². The topological polar surface area (TPSA) is 76.9 Å². The molecule has 2 heterocycles. The Hall–Kier alpha value is -3.28. The Morgan fingerprint density at radius 1 is 1.03 bits per heavy atom. The van der Waals surface area contributed by atoms with E-state index in [1.807, 2.05) is 31.2 Å². The number of Topliss-reactive ketones (excluding diaryl/α,β-unsaturated/α-hetero) is 1. The van der Waals surface area contributed by atoms with E-state index >= 15 is 0 Å². The summed E-state index contributed by atoms with van der Waals surface area (Å²) in [6.07, 6.45) is 6.26. The molecule has 1 N–H and O–H groups in total. The van der Waals surface area contributed by atoms with Gasteiger partial charge in [-0.3, -0.25) is 14.6 Å². The molecule has 0 saturated heterocycles. The van der Waals surface area contributed by atoms with Gasteiger partial charge in [0.05, 0.1) is 35.0 Å². The lowest BCUT2D eigenvalue weighted by molar-refractivity contribution is -0.120. The van der Waals surface area contributed by atoms with Crippen molar-refractivity contribution in [3.8, 4) is 5.69 Å². The summed E-state index contributed by atoms with van der Waals surface area (Å²) in [5, 5.41) is 7.36. The number of carbonyl (C=O) groups excluding carboxylic acids is 2. The van der Waals surface area contributed by atoms with E-state index in [1.165, 1.54) is 5.56 Å². The number of benzene rings is 1. The van der Waals surface area contributed by atoms with Crippen LogP contribution in [-0.2, 0) is 10.2 Å². The fraction of sp³-hybridized carbons (Fsp3) is 0.385. The first-order valence-corrected chi connectivity index (χ1v) is 11.2. The van der Waals surface area contributed by atoms with Crippen LogP contribution in [0, 0.1) is 6.92 Å². The van der Waals surface area contributed by atoms with Gasteiger partial charge in [0.1, 0.15) is 5.78 Å². The van der Waals surface area contributed by atoms with E-state index in [2.05, 4.69) is 48.3 Å². The van der Waals surface area contributed by atoms with Gasteiger partial charge in [-0.1, -0.05) is 32.9 Å². The molecule has 0 bridgehead atoms. The van der Waals surface area contributed by atoms with Crippen LogP contribution in [0.4, 0.5) is 5.69 Å². The van der Waals surface area contributed by atoms with E-state index in [0.717, 1.165) is 29.9 Å². The molecule has 1 fully saturated rings. The van der Waals surface area contributed by atoms with E-state index < -0.39 is 0 Å². The van der Waals surface area contributed by atoms with Crippen molar-refractivity contribution in [1.82, 2.24) is 14.8 Å². The third-order valence-corrected chi connectivity index (χ3v) is 6.24. The van der Waals surface area contributed by atoms with Crippen LogP contribution in [-0.4, -0.2) is 26.5 Å². The molecule has 4 rings (SSSR count). The zero-order valence-corrected chi connectivity index (χ0v) is 19.2. The van der Waals surface area contributed by atoms with E-state index in [4.69, 9.17) is 0 Å². The van der Waals surface area contributed by atoms with Crippen LogP contribution in [0.5, 0.6) is 0 Å². The first-order chi connectivity index (χ1) is 15.2. The number of nitrogens with one attached hydrogen (secondary N) is 1. The monoisotopic (exact) mass is 430 g/mol. The number of ketones is 1. The highest BCUT2D eigenvalue weighted by Gasteiger charge is 2.21. The minimum Gasteiger partial charge on any atom is -0.320 e. The maximum atomic E-state index is 12.9. The second kappa shape index (κ2) is 8.69. The van der Waals surface area contributed by atoms with Crippen LogP contribution < -0.4 is 5.32 Å². The van der Waals surface area contributed by atoms with Gasteiger partial charge in [0.15, 0.2) is 0 Å². The Balaban J connectivity index is 1.45. The predicted octanol–water partition coefficient (Wildman–Crippen LogP) is 5.35. The maximum absolute atomic E-state index is 12.9. The van der Waals surface area contributed by atoms with E-state index in [9.17, 15) is 9.59 Å². The fourth-order valence-electron chi connectivity index (χ4n) is 4.15. The summed E-state index contributed by atoms with van der Waals surface area (Å²) < 4.78 is 1.78. The van der Waals surface area contributed by atoms with Crippen molar-refractivity contribution in [3.63, 3.8) is 0 Å². The summed E-state index contributed by atoms with van der Waals surface area (Å²) in [6, 6.07) is 12.1. The van der Waals surface area contributed by atoms with Gasteiger partial charge in [-0.25, -0.2) is 4.68 Å². The minimum absolute atomic E-state index is 0.0841. The van der Waals surface area contributed by atoms with Crippen molar-refractivity contribution in [2.24, 2.45) is 0 Å². The number of hydrogen-bond donors (Lipinski definition) is 1. The molecule has 0 atom stereocenters. The first kappa shape index (κ1) is 21.9. The Kier molecular flexibility index (Phi) is 5.96. The molecule has 0 radical (unpaired) electrons. The van der Waals surface area contributed by atoms with Crippen LogP contribution in [0.1, 0.15) is 79.7 Å². The molecular formula is C26H30N4O2. The van der Waals surface area contributed by atoms with Gasteiger partial charge in [0.2, 0.25) is 0 Å². The Morgan fingerprint density at radius 3 is 2.31 bits per heavy atom. The molecule has 0 spiro atoms. The smallest absolute Gasteiger partial charge is 0.259 e. The summed E-state index contributed by atoms with van der Waals surface area (Å²) in [6.45, 7) is 8.44. The molecule has 2 aromatic heterocycles. The number of rotatable bonds is 4. The Bertz CT molecular complexity index is 1110. The van der Waals surface area contributed by atoms with Crippen molar-refractivity contribution < 1.29 is 9.59 Å². The van der Waals surface area contributed by atoms with Crippen LogP contribution >= 0.6 is 0 Å². The standard InChI is InChI=1S/C26H30N4O2/c1-17-23(16-28-30(17)21-10-7-19(8-11-21)26(2,3)4)25(32)29-20-9-14-24(27-15-20)18-5-12-22(31)13-6-18/h7-11,14-16,18H,5-6,12-13H2,1-4H3,(H,29,32). The second-order valence-corrected chi connectivity index (χ2v) is 9.59. The van der Waals surface area contributed by atoms with E-state index in [0.29, 0.717) is 35.8 Å². The zero-order valence-electron chi connectivity index (χ0n) is 19.2. The summed E-state index contributed by atoms with van der Waals surface area (Å²) in [5.74, 6) is 0.451.